The minimum Gasteiger partial charge on any atom is -0.494 e. The summed E-state index contributed by atoms with van der Waals surface area (Å²) in [6.07, 6.45) is 2.90. The second kappa shape index (κ2) is 7.90. The third kappa shape index (κ3) is 5.84. The molecule has 1 unspecified atom stereocenters. The van der Waals surface area contributed by atoms with E-state index in [0.29, 0.717) is 6.61 Å². The van der Waals surface area contributed by atoms with Gasteiger partial charge in [-0.25, -0.2) is 0 Å². The van der Waals surface area contributed by atoms with Crippen molar-refractivity contribution in [3.63, 3.8) is 0 Å². The third-order valence-corrected chi connectivity index (χ3v) is 2.88. The molecule has 100 valence electrons. The highest BCUT2D eigenvalue weighted by atomic mass is 16.5. The fourth-order valence-corrected chi connectivity index (χ4v) is 1.76. The smallest absolute Gasteiger partial charge is 0.119 e. The largest absolute Gasteiger partial charge is 0.494 e. The minimum atomic E-state index is 0.284. The van der Waals surface area contributed by atoms with E-state index in [1.807, 2.05) is 25.1 Å². The van der Waals surface area contributed by atoms with Crippen molar-refractivity contribution in [3.05, 3.63) is 42.0 Å². The van der Waals surface area contributed by atoms with E-state index in [1.54, 1.807) is 0 Å². The third-order valence-electron chi connectivity index (χ3n) is 2.88. The van der Waals surface area contributed by atoms with E-state index in [0.717, 1.165) is 25.0 Å². The van der Waals surface area contributed by atoms with Gasteiger partial charge in [0.25, 0.3) is 0 Å². The molecular formula is C15H24N2O. The molecule has 1 aromatic rings. The lowest BCUT2D eigenvalue weighted by atomic mass is 10.1. The van der Waals surface area contributed by atoms with Gasteiger partial charge in [-0.1, -0.05) is 17.7 Å². The summed E-state index contributed by atoms with van der Waals surface area (Å²) in [6.45, 7) is 8.67. The summed E-state index contributed by atoms with van der Waals surface area (Å²) < 4.78 is 5.71. The molecule has 0 radical (unpaired) electrons. The van der Waals surface area contributed by atoms with Crippen molar-refractivity contribution in [1.82, 2.24) is 5.43 Å². The molecule has 0 aliphatic rings. The van der Waals surface area contributed by atoms with Gasteiger partial charge in [-0.05, 0) is 50.8 Å². The van der Waals surface area contributed by atoms with Crippen molar-refractivity contribution in [2.24, 2.45) is 5.84 Å². The van der Waals surface area contributed by atoms with Crippen LogP contribution in [0.4, 0.5) is 0 Å². The molecule has 0 heterocycles. The lowest BCUT2D eigenvalue weighted by Crippen LogP contribution is -2.36. The molecular weight excluding hydrogens is 224 g/mol. The molecule has 0 aromatic heterocycles. The number of ether oxygens (including phenoxy) is 1. The van der Waals surface area contributed by atoms with Crippen LogP contribution in [0.3, 0.4) is 0 Å². The average Bonchev–Trinajstić information content (AvgIpc) is 2.33. The Kier molecular flexibility index (Phi) is 6.47. The first-order valence-electron chi connectivity index (χ1n) is 6.42. The summed E-state index contributed by atoms with van der Waals surface area (Å²) >= 11 is 0. The Morgan fingerprint density at radius 2 is 2.22 bits per heavy atom. The van der Waals surface area contributed by atoms with E-state index < -0.39 is 0 Å². The molecule has 1 rings (SSSR count). The molecule has 0 fully saturated rings. The van der Waals surface area contributed by atoms with Crippen molar-refractivity contribution in [1.29, 1.82) is 0 Å². The van der Waals surface area contributed by atoms with Crippen molar-refractivity contribution in [2.45, 2.75) is 39.2 Å². The summed E-state index contributed by atoms with van der Waals surface area (Å²) in [5.41, 5.74) is 5.24. The van der Waals surface area contributed by atoms with Gasteiger partial charge in [-0.15, -0.1) is 6.58 Å². The first-order valence-corrected chi connectivity index (χ1v) is 6.42. The van der Waals surface area contributed by atoms with Crippen LogP contribution >= 0.6 is 0 Å². The van der Waals surface area contributed by atoms with Crippen LogP contribution in [0.2, 0.25) is 0 Å². The van der Waals surface area contributed by atoms with Crippen LogP contribution in [0, 0.1) is 6.92 Å². The normalized spacial score (nSPS) is 12.2. The van der Waals surface area contributed by atoms with Crippen LogP contribution in [0.5, 0.6) is 5.75 Å². The van der Waals surface area contributed by atoms with E-state index in [1.165, 1.54) is 11.1 Å². The lowest BCUT2D eigenvalue weighted by Gasteiger charge is -2.16. The topological polar surface area (TPSA) is 47.3 Å². The van der Waals surface area contributed by atoms with Crippen LogP contribution in [0.1, 0.15) is 31.7 Å². The van der Waals surface area contributed by atoms with Gasteiger partial charge in [0.1, 0.15) is 5.75 Å². The Labute approximate surface area is 110 Å². The zero-order valence-electron chi connectivity index (χ0n) is 11.4. The van der Waals surface area contributed by atoms with Gasteiger partial charge in [-0.3, -0.25) is 11.3 Å². The Morgan fingerprint density at radius 1 is 1.44 bits per heavy atom. The maximum atomic E-state index is 5.71. The van der Waals surface area contributed by atoms with Crippen LogP contribution in [-0.4, -0.2) is 12.6 Å². The monoisotopic (exact) mass is 248 g/mol. The quantitative estimate of drug-likeness (QED) is 0.422. The molecule has 0 aliphatic carbocycles. The van der Waals surface area contributed by atoms with E-state index in [-0.39, 0.29) is 6.04 Å². The minimum absolute atomic E-state index is 0.284. The molecule has 1 aromatic carbocycles. The molecule has 3 N–H and O–H groups in total. The van der Waals surface area contributed by atoms with Crippen molar-refractivity contribution in [3.8, 4) is 5.75 Å². The Hall–Kier alpha value is -1.32. The predicted molar refractivity (Wildman–Crippen MR) is 76.5 cm³/mol. The predicted octanol–water partition coefficient (Wildman–Crippen LogP) is 2.95. The van der Waals surface area contributed by atoms with Gasteiger partial charge in [-0.2, -0.15) is 0 Å². The summed E-state index contributed by atoms with van der Waals surface area (Å²) in [6, 6.07) is 8.37. The highest BCUT2D eigenvalue weighted by Gasteiger charge is 2.06. The molecule has 3 nitrogen and oxygen atoms in total. The van der Waals surface area contributed by atoms with Crippen LogP contribution in [0.15, 0.2) is 36.4 Å². The number of benzene rings is 1. The van der Waals surface area contributed by atoms with Crippen LogP contribution < -0.4 is 16.0 Å². The number of hydrazine groups is 1. The summed E-state index contributed by atoms with van der Waals surface area (Å²) in [7, 11) is 0. The zero-order valence-corrected chi connectivity index (χ0v) is 11.4. The first kappa shape index (κ1) is 14.7. The van der Waals surface area contributed by atoms with Crippen molar-refractivity contribution in [2.75, 3.05) is 6.61 Å². The van der Waals surface area contributed by atoms with Gasteiger partial charge in [0.05, 0.1) is 6.61 Å². The van der Waals surface area contributed by atoms with Crippen molar-refractivity contribution >= 4 is 0 Å². The fourth-order valence-electron chi connectivity index (χ4n) is 1.76. The molecule has 0 spiro atoms. The molecule has 0 aliphatic heterocycles. The van der Waals surface area contributed by atoms with Crippen LogP contribution in [0.25, 0.3) is 0 Å². The highest BCUT2D eigenvalue weighted by molar-refractivity contribution is 5.27. The van der Waals surface area contributed by atoms with E-state index >= 15 is 0 Å². The van der Waals surface area contributed by atoms with Crippen molar-refractivity contribution < 1.29 is 4.74 Å². The molecule has 1 atom stereocenters. The molecule has 0 amide bonds. The number of rotatable bonds is 8. The number of allylic oxidation sites excluding steroid dienone is 1. The Balaban J connectivity index is 2.28. The molecule has 0 saturated heterocycles. The number of hydrogen-bond acceptors (Lipinski definition) is 3. The van der Waals surface area contributed by atoms with Gasteiger partial charge < -0.3 is 4.74 Å². The van der Waals surface area contributed by atoms with Gasteiger partial charge >= 0.3 is 0 Å². The molecule has 0 saturated carbocycles. The second-order valence-electron chi connectivity index (χ2n) is 4.81. The Bertz CT molecular complexity index is 377. The SMILES string of the molecule is C=C(C)CCC(CCOc1cccc(C)c1)NN. The van der Waals surface area contributed by atoms with Gasteiger partial charge in [0.15, 0.2) is 0 Å². The molecule has 3 heteroatoms. The number of aryl methyl sites for hydroxylation is 1. The maximum Gasteiger partial charge on any atom is 0.119 e. The molecule has 18 heavy (non-hydrogen) atoms. The fraction of sp³-hybridized carbons (Fsp3) is 0.467. The van der Waals surface area contributed by atoms with E-state index in [2.05, 4.69) is 25.0 Å². The maximum absolute atomic E-state index is 5.71. The second-order valence-corrected chi connectivity index (χ2v) is 4.81. The number of nitrogens with two attached hydrogens (primary N) is 1. The van der Waals surface area contributed by atoms with E-state index in [9.17, 15) is 0 Å². The van der Waals surface area contributed by atoms with E-state index in [4.69, 9.17) is 10.6 Å². The average molecular weight is 248 g/mol. The zero-order chi connectivity index (χ0) is 13.4. The number of hydrogen-bond donors (Lipinski definition) is 2. The van der Waals surface area contributed by atoms with Gasteiger partial charge in [0.2, 0.25) is 0 Å². The summed E-state index contributed by atoms with van der Waals surface area (Å²) in [5.74, 6) is 6.45. The Morgan fingerprint density at radius 3 is 2.83 bits per heavy atom. The summed E-state index contributed by atoms with van der Waals surface area (Å²) in [4.78, 5) is 0. The first-order chi connectivity index (χ1) is 8.61. The molecule has 0 bridgehead atoms. The number of nitrogens with one attached hydrogen (secondary N) is 1. The van der Waals surface area contributed by atoms with Gasteiger partial charge in [0, 0.05) is 6.04 Å². The van der Waals surface area contributed by atoms with Crippen LogP contribution in [-0.2, 0) is 0 Å². The summed E-state index contributed by atoms with van der Waals surface area (Å²) in [5, 5.41) is 0. The lowest BCUT2D eigenvalue weighted by molar-refractivity contribution is 0.281. The standard InChI is InChI=1S/C15H24N2O/c1-12(2)7-8-14(17-16)9-10-18-15-6-4-5-13(3)11-15/h4-6,11,14,17H,1,7-10,16H2,2-3H3. The highest BCUT2D eigenvalue weighted by Crippen LogP contribution is 2.13.